The highest BCUT2D eigenvalue weighted by Gasteiger charge is 2.17. The first-order chi connectivity index (χ1) is 7.67. The van der Waals surface area contributed by atoms with E-state index in [-0.39, 0.29) is 6.04 Å². The largest absolute Gasteiger partial charge is 0.327 e. The maximum atomic E-state index is 6.28. The van der Waals surface area contributed by atoms with Gasteiger partial charge in [-0.15, -0.1) is 0 Å². The van der Waals surface area contributed by atoms with Crippen LogP contribution in [0.3, 0.4) is 0 Å². The van der Waals surface area contributed by atoms with Crippen molar-refractivity contribution in [2.24, 2.45) is 18.7 Å². The van der Waals surface area contributed by atoms with Crippen molar-refractivity contribution in [3.8, 4) is 0 Å². The molecule has 1 aromatic heterocycles. The lowest BCUT2D eigenvalue weighted by atomic mass is 9.88. The fourth-order valence-electron chi connectivity index (χ4n) is 2.29. The van der Waals surface area contributed by atoms with E-state index in [0.717, 1.165) is 12.1 Å². The number of nitrogens with zero attached hydrogens (tertiary/aromatic N) is 2. The Balaban J connectivity index is 2.50. The summed E-state index contributed by atoms with van der Waals surface area (Å²) >= 11 is 0. The molecule has 0 saturated heterocycles. The molecular weight excluding hydrogens is 198 g/mol. The standard InChI is InChI=1S/C13H25N3/c1-4-6-11(7-5-2)13(14)10-12-8-9-16(3)15-12/h8-9,11,13H,4-7,10,14H2,1-3H3. The van der Waals surface area contributed by atoms with Gasteiger partial charge in [0.25, 0.3) is 0 Å². The molecule has 0 aliphatic rings. The number of hydrogen-bond acceptors (Lipinski definition) is 2. The highest BCUT2D eigenvalue weighted by Crippen LogP contribution is 2.18. The normalized spacial score (nSPS) is 13.3. The van der Waals surface area contributed by atoms with Gasteiger partial charge in [0.1, 0.15) is 0 Å². The smallest absolute Gasteiger partial charge is 0.0640 e. The molecule has 1 aromatic rings. The molecule has 0 aromatic carbocycles. The summed E-state index contributed by atoms with van der Waals surface area (Å²) in [5.74, 6) is 0.650. The third-order valence-electron chi connectivity index (χ3n) is 3.14. The zero-order valence-corrected chi connectivity index (χ0v) is 10.8. The Labute approximate surface area is 99.0 Å². The minimum Gasteiger partial charge on any atom is -0.327 e. The molecule has 0 amide bonds. The SMILES string of the molecule is CCCC(CCC)C(N)Cc1ccn(C)n1. The fourth-order valence-corrected chi connectivity index (χ4v) is 2.29. The lowest BCUT2D eigenvalue weighted by Crippen LogP contribution is -2.32. The molecule has 0 bridgehead atoms. The second kappa shape index (κ2) is 6.69. The van der Waals surface area contributed by atoms with Crippen LogP contribution in [0.1, 0.15) is 45.2 Å². The topological polar surface area (TPSA) is 43.8 Å². The maximum absolute atomic E-state index is 6.28. The van der Waals surface area contributed by atoms with Gasteiger partial charge in [-0.1, -0.05) is 26.7 Å². The molecule has 1 atom stereocenters. The first-order valence-corrected chi connectivity index (χ1v) is 6.41. The lowest BCUT2D eigenvalue weighted by molar-refractivity contribution is 0.357. The van der Waals surface area contributed by atoms with Gasteiger partial charge in [0.2, 0.25) is 0 Å². The minimum atomic E-state index is 0.259. The summed E-state index contributed by atoms with van der Waals surface area (Å²) in [5, 5.41) is 4.39. The van der Waals surface area contributed by atoms with Crippen molar-refractivity contribution in [2.45, 2.75) is 52.0 Å². The van der Waals surface area contributed by atoms with Gasteiger partial charge < -0.3 is 5.73 Å². The number of hydrogen-bond donors (Lipinski definition) is 1. The van der Waals surface area contributed by atoms with Crippen molar-refractivity contribution in [3.05, 3.63) is 18.0 Å². The van der Waals surface area contributed by atoms with Crippen LogP contribution in [0.4, 0.5) is 0 Å². The van der Waals surface area contributed by atoms with Crippen molar-refractivity contribution in [2.75, 3.05) is 0 Å². The maximum Gasteiger partial charge on any atom is 0.0640 e. The number of nitrogens with two attached hydrogens (primary N) is 1. The Morgan fingerprint density at radius 2 is 1.94 bits per heavy atom. The van der Waals surface area contributed by atoms with E-state index < -0.39 is 0 Å². The second-order valence-corrected chi connectivity index (χ2v) is 4.69. The summed E-state index contributed by atoms with van der Waals surface area (Å²) in [5.41, 5.74) is 7.40. The first kappa shape index (κ1) is 13.2. The molecule has 1 rings (SSSR count). The van der Waals surface area contributed by atoms with E-state index in [1.807, 2.05) is 17.9 Å². The molecule has 0 radical (unpaired) electrons. The third-order valence-corrected chi connectivity index (χ3v) is 3.14. The van der Waals surface area contributed by atoms with Crippen LogP contribution in [0, 0.1) is 5.92 Å². The zero-order chi connectivity index (χ0) is 12.0. The Bertz CT molecular complexity index is 287. The van der Waals surface area contributed by atoms with Crippen LogP contribution in [-0.2, 0) is 13.5 Å². The first-order valence-electron chi connectivity index (χ1n) is 6.41. The highest BCUT2D eigenvalue weighted by molar-refractivity contribution is 5.01. The third kappa shape index (κ3) is 3.97. The molecule has 16 heavy (non-hydrogen) atoms. The average Bonchev–Trinajstić information content (AvgIpc) is 2.63. The average molecular weight is 223 g/mol. The summed E-state index contributed by atoms with van der Waals surface area (Å²) in [6.45, 7) is 4.46. The van der Waals surface area contributed by atoms with Gasteiger partial charge in [-0.2, -0.15) is 5.10 Å². The van der Waals surface area contributed by atoms with Crippen LogP contribution >= 0.6 is 0 Å². The van der Waals surface area contributed by atoms with Crippen LogP contribution in [0.5, 0.6) is 0 Å². The zero-order valence-electron chi connectivity index (χ0n) is 10.8. The van der Waals surface area contributed by atoms with Gasteiger partial charge in [0.05, 0.1) is 5.69 Å². The molecular formula is C13H25N3. The minimum absolute atomic E-state index is 0.259. The molecule has 1 heterocycles. The number of rotatable bonds is 7. The summed E-state index contributed by atoms with van der Waals surface area (Å²) in [6.07, 6.45) is 7.81. The lowest BCUT2D eigenvalue weighted by Gasteiger charge is -2.22. The molecule has 3 nitrogen and oxygen atoms in total. The quantitative estimate of drug-likeness (QED) is 0.772. The van der Waals surface area contributed by atoms with Gasteiger partial charge in [-0.3, -0.25) is 4.68 Å². The monoisotopic (exact) mass is 223 g/mol. The number of aromatic nitrogens is 2. The van der Waals surface area contributed by atoms with E-state index in [4.69, 9.17) is 5.73 Å². The van der Waals surface area contributed by atoms with Crippen LogP contribution < -0.4 is 5.73 Å². The van der Waals surface area contributed by atoms with Gasteiger partial charge in [0, 0.05) is 25.7 Å². The van der Waals surface area contributed by atoms with E-state index in [9.17, 15) is 0 Å². The second-order valence-electron chi connectivity index (χ2n) is 4.69. The molecule has 1 unspecified atom stereocenters. The van der Waals surface area contributed by atoms with Crippen molar-refractivity contribution < 1.29 is 0 Å². The molecule has 0 spiro atoms. The molecule has 0 aliphatic carbocycles. The Morgan fingerprint density at radius 1 is 1.31 bits per heavy atom. The van der Waals surface area contributed by atoms with Gasteiger partial charge in [0.15, 0.2) is 0 Å². The van der Waals surface area contributed by atoms with Crippen molar-refractivity contribution in [1.82, 2.24) is 9.78 Å². The van der Waals surface area contributed by atoms with Gasteiger partial charge in [-0.05, 0) is 24.8 Å². The van der Waals surface area contributed by atoms with E-state index in [1.165, 1.54) is 25.7 Å². The van der Waals surface area contributed by atoms with Crippen LogP contribution in [0.15, 0.2) is 12.3 Å². The molecule has 2 N–H and O–H groups in total. The van der Waals surface area contributed by atoms with Crippen molar-refractivity contribution in [1.29, 1.82) is 0 Å². The highest BCUT2D eigenvalue weighted by atomic mass is 15.2. The predicted molar refractivity (Wildman–Crippen MR) is 68.2 cm³/mol. The molecule has 3 heteroatoms. The molecule has 0 aliphatic heterocycles. The van der Waals surface area contributed by atoms with Crippen LogP contribution in [0.2, 0.25) is 0 Å². The van der Waals surface area contributed by atoms with Crippen molar-refractivity contribution in [3.63, 3.8) is 0 Å². The fraction of sp³-hybridized carbons (Fsp3) is 0.769. The van der Waals surface area contributed by atoms with Gasteiger partial charge >= 0.3 is 0 Å². The van der Waals surface area contributed by atoms with E-state index >= 15 is 0 Å². The molecule has 92 valence electrons. The summed E-state index contributed by atoms with van der Waals surface area (Å²) in [7, 11) is 1.95. The molecule has 0 fully saturated rings. The summed E-state index contributed by atoms with van der Waals surface area (Å²) in [6, 6.07) is 2.32. The summed E-state index contributed by atoms with van der Waals surface area (Å²) in [4.78, 5) is 0. The van der Waals surface area contributed by atoms with E-state index in [0.29, 0.717) is 5.92 Å². The van der Waals surface area contributed by atoms with Crippen LogP contribution in [0.25, 0.3) is 0 Å². The number of aryl methyl sites for hydroxylation is 1. The summed E-state index contributed by atoms with van der Waals surface area (Å²) < 4.78 is 1.84. The Morgan fingerprint density at radius 3 is 2.38 bits per heavy atom. The molecule has 0 saturated carbocycles. The van der Waals surface area contributed by atoms with Crippen LogP contribution in [-0.4, -0.2) is 15.8 Å². The predicted octanol–water partition coefficient (Wildman–Crippen LogP) is 2.51. The van der Waals surface area contributed by atoms with Gasteiger partial charge in [-0.25, -0.2) is 0 Å². The van der Waals surface area contributed by atoms with Crippen molar-refractivity contribution >= 4 is 0 Å². The Kier molecular flexibility index (Phi) is 5.53. The Hall–Kier alpha value is -0.830. The van der Waals surface area contributed by atoms with E-state index in [1.54, 1.807) is 0 Å². The van der Waals surface area contributed by atoms with E-state index in [2.05, 4.69) is 25.0 Å².